The Morgan fingerprint density at radius 3 is 2.56 bits per heavy atom. The van der Waals surface area contributed by atoms with E-state index in [1.54, 1.807) is 22.5 Å². The van der Waals surface area contributed by atoms with E-state index in [0.717, 1.165) is 29.5 Å². The number of hydrogen-bond donors (Lipinski definition) is 1. The van der Waals surface area contributed by atoms with Crippen molar-refractivity contribution < 1.29 is 14.3 Å². The summed E-state index contributed by atoms with van der Waals surface area (Å²) < 4.78 is 13.0. The first-order chi connectivity index (χ1) is 19.8. The minimum atomic E-state index is -0.351. The van der Waals surface area contributed by atoms with E-state index in [-0.39, 0.29) is 23.8 Å². The molecule has 0 radical (unpaired) electrons. The normalized spacial score (nSPS) is 15.1. The van der Waals surface area contributed by atoms with Gasteiger partial charge in [-0.05, 0) is 55.2 Å². The molecule has 1 N–H and O–H groups in total. The Morgan fingerprint density at radius 1 is 1.10 bits per heavy atom. The van der Waals surface area contributed by atoms with E-state index in [4.69, 9.17) is 21.7 Å². The van der Waals surface area contributed by atoms with Crippen molar-refractivity contribution in [1.29, 1.82) is 5.26 Å². The number of ether oxygens (including phenoxy) is 2. The van der Waals surface area contributed by atoms with Gasteiger partial charge in [-0.1, -0.05) is 73.2 Å². The van der Waals surface area contributed by atoms with Crippen LogP contribution < -0.4 is 20.3 Å². The Balaban J connectivity index is 1.53. The number of amides is 1. The highest BCUT2D eigenvalue weighted by atomic mass is 32.2. The molecule has 41 heavy (non-hydrogen) atoms. The van der Waals surface area contributed by atoms with Crippen molar-refractivity contribution >= 4 is 46.1 Å². The maximum Gasteiger partial charge on any atom is 0.270 e. The molecule has 210 valence electrons. The first-order valence-electron chi connectivity index (χ1n) is 13.4. The molecular formula is C31H30N4O4S2. The number of thioether (sulfide) groups is 1. The molecular weight excluding hydrogens is 556 g/mol. The maximum atomic E-state index is 13.5. The molecule has 0 atom stereocenters. The summed E-state index contributed by atoms with van der Waals surface area (Å²) in [5, 5.41) is 13.3. The fraction of sp³-hybridized carbons (Fsp3) is 0.290. The summed E-state index contributed by atoms with van der Waals surface area (Å²) in [6.07, 6.45) is 3.38. The SMILES string of the molecule is CCCCn1c(NCc2ccc3c(c2)OCO3)c(/C=C2/SC(=S)N(Cc3ccc(C)cc3)C2=O)c(C)c(C#N)c1=O. The van der Waals surface area contributed by atoms with E-state index in [2.05, 4.69) is 11.4 Å². The van der Waals surface area contributed by atoms with Crippen LogP contribution in [0.3, 0.4) is 0 Å². The van der Waals surface area contributed by atoms with Gasteiger partial charge in [0, 0.05) is 18.7 Å². The lowest BCUT2D eigenvalue weighted by Crippen LogP contribution is -2.28. The van der Waals surface area contributed by atoms with Crippen LogP contribution in [-0.2, 0) is 24.4 Å². The number of fused-ring (bicyclic) bond motifs is 1. The molecule has 0 unspecified atom stereocenters. The van der Waals surface area contributed by atoms with Crippen molar-refractivity contribution in [2.24, 2.45) is 0 Å². The monoisotopic (exact) mass is 586 g/mol. The fourth-order valence-corrected chi connectivity index (χ4v) is 6.00. The molecule has 2 aromatic carbocycles. The van der Waals surface area contributed by atoms with Crippen molar-refractivity contribution in [1.82, 2.24) is 9.47 Å². The quantitative estimate of drug-likeness (QED) is 0.245. The number of thiocarbonyl (C=S) groups is 1. The van der Waals surface area contributed by atoms with E-state index < -0.39 is 0 Å². The Kier molecular flexibility index (Phi) is 8.47. The number of unbranched alkanes of at least 4 members (excludes halogenated alkanes) is 1. The standard InChI is InChI=1S/C31H30N4O4S2/c1-4-5-12-34-28(33-16-22-10-11-25-26(13-22)39-18-38-25)23(20(3)24(15-32)29(34)36)14-27-30(37)35(31(40)41-27)17-21-8-6-19(2)7-9-21/h6-11,13-14,33H,4-5,12,16-18H2,1-3H3/b27-14+. The van der Waals surface area contributed by atoms with Crippen LogP contribution in [0.15, 0.2) is 52.2 Å². The first kappa shape index (κ1) is 28.5. The van der Waals surface area contributed by atoms with Crippen LogP contribution in [-0.4, -0.2) is 26.5 Å². The maximum absolute atomic E-state index is 13.5. The Bertz CT molecular complexity index is 1650. The van der Waals surface area contributed by atoms with Crippen LogP contribution in [0.1, 0.15) is 53.1 Å². The largest absolute Gasteiger partial charge is 0.454 e. The third-order valence-electron chi connectivity index (χ3n) is 7.12. The lowest BCUT2D eigenvalue weighted by molar-refractivity contribution is -0.122. The second kappa shape index (κ2) is 12.2. The van der Waals surface area contributed by atoms with Gasteiger partial charge >= 0.3 is 0 Å². The van der Waals surface area contributed by atoms with Gasteiger partial charge in [0.25, 0.3) is 11.5 Å². The molecule has 5 rings (SSSR count). The highest BCUT2D eigenvalue weighted by Crippen LogP contribution is 2.36. The molecule has 1 amide bonds. The molecule has 1 aromatic heterocycles. The second-order valence-corrected chi connectivity index (χ2v) is 11.7. The van der Waals surface area contributed by atoms with E-state index in [0.29, 0.717) is 57.3 Å². The number of benzene rings is 2. The first-order valence-corrected chi connectivity index (χ1v) is 14.6. The summed E-state index contributed by atoms with van der Waals surface area (Å²) in [5.41, 5.74) is 3.90. The summed E-state index contributed by atoms with van der Waals surface area (Å²) in [6.45, 7) is 7.19. The smallest absolute Gasteiger partial charge is 0.270 e. The molecule has 8 nitrogen and oxygen atoms in total. The number of hydrogen-bond acceptors (Lipinski definition) is 8. The summed E-state index contributed by atoms with van der Waals surface area (Å²) in [5.74, 6) is 1.71. The Labute approximate surface area is 248 Å². The van der Waals surface area contributed by atoms with Gasteiger partial charge in [0.05, 0.1) is 11.4 Å². The van der Waals surface area contributed by atoms with E-state index in [1.807, 2.05) is 56.3 Å². The number of aryl methyl sites for hydroxylation is 1. The number of nitrogens with one attached hydrogen (secondary N) is 1. The Hall–Kier alpha value is -4.07. The van der Waals surface area contributed by atoms with E-state index >= 15 is 0 Å². The second-order valence-electron chi connectivity index (χ2n) is 9.98. The fourth-order valence-electron chi connectivity index (χ4n) is 4.76. The van der Waals surface area contributed by atoms with Gasteiger partial charge in [-0.2, -0.15) is 5.26 Å². The van der Waals surface area contributed by atoms with Crippen molar-refractivity contribution in [3.63, 3.8) is 0 Å². The zero-order valence-electron chi connectivity index (χ0n) is 23.2. The average molecular weight is 587 g/mol. The minimum Gasteiger partial charge on any atom is -0.454 e. The molecule has 0 spiro atoms. The molecule has 2 aliphatic heterocycles. The van der Waals surface area contributed by atoms with Gasteiger partial charge in [0.1, 0.15) is 21.8 Å². The molecule has 0 bridgehead atoms. The third-order valence-corrected chi connectivity index (χ3v) is 8.50. The lowest BCUT2D eigenvalue weighted by atomic mass is 10.0. The number of nitriles is 1. The van der Waals surface area contributed by atoms with Gasteiger partial charge in [-0.15, -0.1) is 0 Å². The lowest BCUT2D eigenvalue weighted by Gasteiger charge is -2.20. The number of carbonyl (C=O) groups is 1. The number of aromatic nitrogens is 1. The van der Waals surface area contributed by atoms with Crippen molar-refractivity contribution in [3.8, 4) is 17.6 Å². The van der Waals surface area contributed by atoms with Crippen LogP contribution >= 0.6 is 24.0 Å². The van der Waals surface area contributed by atoms with Crippen LogP contribution in [0.5, 0.6) is 11.5 Å². The van der Waals surface area contributed by atoms with Gasteiger partial charge in [0.15, 0.2) is 11.5 Å². The average Bonchev–Trinajstić information content (AvgIpc) is 3.54. The summed E-state index contributed by atoms with van der Waals surface area (Å²) in [7, 11) is 0. The molecule has 10 heteroatoms. The van der Waals surface area contributed by atoms with E-state index in [9.17, 15) is 14.9 Å². The summed E-state index contributed by atoms with van der Waals surface area (Å²) in [4.78, 5) is 29.0. The third kappa shape index (κ3) is 5.87. The van der Waals surface area contributed by atoms with Gasteiger partial charge < -0.3 is 14.8 Å². The van der Waals surface area contributed by atoms with Gasteiger partial charge in [-0.3, -0.25) is 19.1 Å². The zero-order chi connectivity index (χ0) is 29.1. The number of pyridine rings is 1. The molecule has 0 saturated carbocycles. The van der Waals surface area contributed by atoms with Crippen LogP contribution in [0.25, 0.3) is 6.08 Å². The molecule has 0 aliphatic carbocycles. The predicted octanol–water partition coefficient (Wildman–Crippen LogP) is 5.88. The summed E-state index contributed by atoms with van der Waals surface area (Å²) >= 11 is 6.82. The van der Waals surface area contributed by atoms with Crippen LogP contribution in [0.4, 0.5) is 5.82 Å². The van der Waals surface area contributed by atoms with Crippen LogP contribution in [0.2, 0.25) is 0 Å². The molecule has 2 aliphatic rings. The van der Waals surface area contributed by atoms with Crippen LogP contribution in [0, 0.1) is 25.2 Å². The topological polar surface area (TPSA) is 96.6 Å². The number of nitrogens with zero attached hydrogens (tertiary/aromatic N) is 3. The van der Waals surface area contributed by atoms with Gasteiger partial charge in [0.2, 0.25) is 6.79 Å². The highest BCUT2D eigenvalue weighted by molar-refractivity contribution is 8.26. The van der Waals surface area contributed by atoms with E-state index in [1.165, 1.54) is 11.8 Å². The number of anilines is 1. The van der Waals surface area contributed by atoms with Crippen molar-refractivity contribution in [3.05, 3.63) is 91.1 Å². The molecule has 3 aromatic rings. The molecule has 3 heterocycles. The predicted molar refractivity (Wildman–Crippen MR) is 165 cm³/mol. The number of carbonyl (C=O) groups excluding carboxylic acids is 1. The van der Waals surface area contributed by atoms with Crippen molar-refractivity contribution in [2.45, 2.75) is 53.2 Å². The Morgan fingerprint density at radius 2 is 1.83 bits per heavy atom. The highest BCUT2D eigenvalue weighted by Gasteiger charge is 2.33. The summed E-state index contributed by atoms with van der Waals surface area (Å²) in [6, 6.07) is 15.8. The molecule has 1 saturated heterocycles. The number of rotatable bonds is 9. The minimum absolute atomic E-state index is 0.0658. The van der Waals surface area contributed by atoms with Gasteiger partial charge in [-0.25, -0.2) is 0 Å². The molecule has 1 fully saturated rings. The zero-order valence-corrected chi connectivity index (χ0v) is 24.8. The van der Waals surface area contributed by atoms with Crippen molar-refractivity contribution in [2.75, 3.05) is 12.1 Å².